The van der Waals surface area contributed by atoms with Crippen LogP contribution < -0.4 is 60.6 Å². The number of carbonyl (C=O) groups is 8. The van der Waals surface area contributed by atoms with Gasteiger partial charge in [0.2, 0.25) is 41.4 Å². The second-order valence-corrected chi connectivity index (χ2v) is 17.2. The van der Waals surface area contributed by atoms with Gasteiger partial charge in [-0.2, -0.15) is 0 Å². The maximum absolute atomic E-state index is 13.9. The molecule has 22 nitrogen and oxygen atoms in total. The van der Waals surface area contributed by atoms with Crippen LogP contribution in [0.4, 0.5) is 0 Å². The first kappa shape index (κ1) is 56.9. The van der Waals surface area contributed by atoms with E-state index in [1.807, 2.05) is 20.8 Å². The van der Waals surface area contributed by atoms with Gasteiger partial charge >= 0.3 is 5.97 Å². The van der Waals surface area contributed by atoms with Gasteiger partial charge in [-0.15, -0.1) is 0 Å². The number of carboxylic acid groups (broad SMARTS) is 1. The molecule has 7 amide bonds. The summed E-state index contributed by atoms with van der Waals surface area (Å²) in [7, 11) is 0. The molecule has 64 heavy (non-hydrogen) atoms. The molecule has 1 aliphatic rings. The lowest BCUT2D eigenvalue weighted by atomic mass is 10.00. The van der Waals surface area contributed by atoms with E-state index in [1.54, 1.807) is 13.8 Å². The Morgan fingerprint density at radius 1 is 0.688 bits per heavy atom. The predicted molar refractivity (Wildman–Crippen MR) is 243 cm³/mol. The van der Waals surface area contributed by atoms with Crippen molar-refractivity contribution in [1.29, 1.82) is 0 Å². The number of hydrogen-bond acceptors (Lipinski definition) is 12. The molecule has 0 aromatic heterocycles. The highest BCUT2D eigenvalue weighted by molar-refractivity contribution is 5.97. The monoisotopic (exact) mass is 910 g/mol. The number of amides is 7. The van der Waals surface area contributed by atoms with E-state index in [-0.39, 0.29) is 57.1 Å². The van der Waals surface area contributed by atoms with Crippen LogP contribution in [0.1, 0.15) is 125 Å². The molecule has 366 valence electrons. The molecule has 1 fully saturated rings. The zero-order valence-electron chi connectivity index (χ0n) is 38.6. The molecule has 7 atom stereocenters. The zero-order chi connectivity index (χ0) is 48.4. The molecule has 0 spiro atoms. The lowest BCUT2D eigenvalue weighted by Gasteiger charge is -2.28. The smallest absolute Gasteiger partial charge is 0.326 e. The van der Waals surface area contributed by atoms with Gasteiger partial charge in [0.15, 0.2) is 5.96 Å². The zero-order valence-corrected chi connectivity index (χ0v) is 38.6. The third kappa shape index (κ3) is 21.5. The Kier molecular flexibility index (Phi) is 27.5. The second-order valence-electron chi connectivity index (χ2n) is 17.2. The predicted octanol–water partition coefficient (Wildman–Crippen LogP) is -1.87. The van der Waals surface area contributed by atoms with Crippen LogP contribution in [-0.2, 0) is 38.4 Å². The van der Waals surface area contributed by atoms with Crippen molar-refractivity contribution < 1.29 is 43.5 Å². The van der Waals surface area contributed by atoms with Crippen LogP contribution in [0.2, 0.25) is 0 Å². The Hall–Kier alpha value is -5.09. The van der Waals surface area contributed by atoms with Crippen LogP contribution in [0.3, 0.4) is 0 Å². The first-order chi connectivity index (χ1) is 30.3. The van der Waals surface area contributed by atoms with Crippen LogP contribution in [0, 0.1) is 11.8 Å². The highest BCUT2D eigenvalue weighted by Crippen LogP contribution is 2.19. The number of nitrogens with one attached hydrogen (secondary N) is 6. The van der Waals surface area contributed by atoms with Gasteiger partial charge < -0.3 is 70.6 Å². The van der Waals surface area contributed by atoms with Gasteiger partial charge in [-0.05, 0) is 95.6 Å². The number of nitrogens with zero attached hydrogens (tertiary/aromatic N) is 2. The number of guanidine groups is 1. The summed E-state index contributed by atoms with van der Waals surface area (Å²) in [6.07, 6.45) is 5.76. The van der Waals surface area contributed by atoms with Gasteiger partial charge in [0, 0.05) is 13.1 Å². The average Bonchev–Trinajstić information content (AvgIpc) is 3.73. The summed E-state index contributed by atoms with van der Waals surface area (Å²) < 4.78 is 0. The summed E-state index contributed by atoms with van der Waals surface area (Å²) in [6, 6.07) is -7.38. The van der Waals surface area contributed by atoms with E-state index in [0.29, 0.717) is 64.5 Å². The SMILES string of the molecule is CCCC[C@H](NC(=O)[C@H](CCCCN)NC(=O)[C@@H]1CCCN1C(=O)CNC(=O)[C@H](CC(C)C)NC(=O)[C@H](CCCN=C(N)N)NC(=O)[C@@H](NC(=O)[C@@H](N)CCCCN)C(C)C)C(=O)O. The maximum atomic E-state index is 13.9. The van der Waals surface area contributed by atoms with E-state index in [9.17, 15) is 43.5 Å². The summed E-state index contributed by atoms with van der Waals surface area (Å²) in [5.74, 6) is -6.17. The van der Waals surface area contributed by atoms with E-state index >= 15 is 0 Å². The average molecular weight is 910 g/mol. The number of aliphatic carboxylic acids is 1. The van der Waals surface area contributed by atoms with Crippen LogP contribution >= 0.6 is 0 Å². The molecule has 0 aromatic carbocycles. The first-order valence-electron chi connectivity index (χ1n) is 22.8. The summed E-state index contributed by atoms with van der Waals surface area (Å²) in [5, 5.41) is 25.6. The Balaban J connectivity index is 3.15. The molecule has 0 bridgehead atoms. The van der Waals surface area contributed by atoms with Crippen LogP contribution in [0.15, 0.2) is 4.99 Å². The third-order valence-electron chi connectivity index (χ3n) is 10.8. The molecule has 0 saturated carbocycles. The minimum Gasteiger partial charge on any atom is -0.480 e. The molecular formula is C42H79N13O9. The molecule has 1 aliphatic heterocycles. The van der Waals surface area contributed by atoms with E-state index < -0.39 is 102 Å². The molecule has 0 aromatic rings. The number of nitrogens with two attached hydrogens (primary N) is 5. The summed E-state index contributed by atoms with van der Waals surface area (Å²) in [6.45, 7) is 9.70. The fraction of sp³-hybridized carbons (Fsp3) is 0.786. The van der Waals surface area contributed by atoms with Crippen molar-refractivity contribution in [3.63, 3.8) is 0 Å². The van der Waals surface area contributed by atoms with Crippen molar-refractivity contribution in [2.24, 2.45) is 45.5 Å². The normalized spacial score (nSPS) is 16.4. The summed E-state index contributed by atoms with van der Waals surface area (Å²) in [4.78, 5) is 112. The number of rotatable bonds is 32. The second kappa shape index (κ2) is 30.9. The van der Waals surface area contributed by atoms with E-state index in [4.69, 9.17) is 28.7 Å². The van der Waals surface area contributed by atoms with Gasteiger partial charge in [-0.1, -0.05) is 53.9 Å². The van der Waals surface area contributed by atoms with Gasteiger partial charge in [0.05, 0.1) is 12.6 Å². The van der Waals surface area contributed by atoms with Gasteiger partial charge in [-0.3, -0.25) is 38.6 Å². The number of hydrogen-bond donors (Lipinski definition) is 12. The quantitative estimate of drug-likeness (QED) is 0.0200. The third-order valence-corrected chi connectivity index (χ3v) is 10.8. The molecule has 0 unspecified atom stereocenters. The minimum absolute atomic E-state index is 0.0627. The van der Waals surface area contributed by atoms with Crippen LogP contribution in [0.25, 0.3) is 0 Å². The minimum atomic E-state index is -1.18. The highest BCUT2D eigenvalue weighted by atomic mass is 16.4. The molecule has 1 rings (SSSR count). The Morgan fingerprint density at radius 2 is 1.25 bits per heavy atom. The molecule has 1 heterocycles. The van der Waals surface area contributed by atoms with Crippen molar-refractivity contribution in [2.45, 2.75) is 167 Å². The lowest BCUT2D eigenvalue weighted by Crippen LogP contribution is -2.59. The van der Waals surface area contributed by atoms with Gasteiger partial charge in [0.1, 0.15) is 36.3 Å². The van der Waals surface area contributed by atoms with Crippen LogP contribution in [-0.4, -0.2) is 138 Å². The van der Waals surface area contributed by atoms with Crippen molar-refractivity contribution in [3.8, 4) is 0 Å². The number of unbranched alkanes of at least 4 members (excludes halogenated alkanes) is 3. The Morgan fingerprint density at radius 3 is 1.81 bits per heavy atom. The van der Waals surface area contributed by atoms with E-state index in [2.05, 4.69) is 36.9 Å². The fourth-order valence-electron chi connectivity index (χ4n) is 7.14. The molecule has 0 radical (unpaired) electrons. The van der Waals surface area contributed by atoms with E-state index in [0.717, 1.165) is 6.42 Å². The van der Waals surface area contributed by atoms with Crippen molar-refractivity contribution in [1.82, 2.24) is 36.8 Å². The fourth-order valence-corrected chi connectivity index (χ4v) is 7.14. The lowest BCUT2D eigenvalue weighted by molar-refractivity contribution is -0.143. The standard InChI is InChI=1S/C42H79N13O9/c1-6-7-15-30(41(63)64)52-37(59)28(16-9-11-20-44)50-39(61)32-18-13-22-55(32)33(56)24-49-36(58)31(23-25(2)3)53-38(60)29(17-12-21-48-42(46)47)51-40(62)34(26(4)5)54-35(57)27(45)14-8-10-19-43/h25-32,34H,6-24,43-45H2,1-5H3,(H,49,58)(H,50,61)(H,51,62)(H,52,59)(H,53,60)(H,54,57)(H,63,64)(H4,46,47,48)/t27-,28-,29-,30-,31-,32-,34-/m0/s1. The molecule has 22 heteroatoms. The Bertz CT molecular complexity index is 1540. The van der Waals surface area contributed by atoms with Crippen molar-refractivity contribution in [2.75, 3.05) is 32.7 Å². The Labute approximate surface area is 377 Å². The number of aliphatic imine (C=N–C) groups is 1. The molecule has 0 aliphatic carbocycles. The van der Waals surface area contributed by atoms with Gasteiger partial charge in [-0.25, -0.2) is 4.79 Å². The topological polar surface area (TPSA) is 375 Å². The molecule has 17 N–H and O–H groups in total. The van der Waals surface area contributed by atoms with E-state index in [1.165, 1.54) is 4.90 Å². The maximum Gasteiger partial charge on any atom is 0.326 e. The highest BCUT2D eigenvalue weighted by Gasteiger charge is 2.37. The van der Waals surface area contributed by atoms with Crippen LogP contribution in [0.5, 0.6) is 0 Å². The van der Waals surface area contributed by atoms with Gasteiger partial charge in [0.25, 0.3) is 0 Å². The number of carboxylic acids is 1. The largest absolute Gasteiger partial charge is 0.480 e. The number of carbonyl (C=O) groups excluding carboxylic acids is 7. The number of likely N-dealkylation sites (tertiary alicyclic amines) is 1. The van der Waals surface area contributed by atoms with Crippen molar-refractivity contribution in [3.05, 3.63) is 0 Å². The molecule has 1 saturated heterocycles. The van der Waals surface area contributed by atoms with Crippen molar-refractivity contribution >= 4 is 53.3 Å². The summed E-state index contributed by atoms with van der Waals surface area (Å²) in [5.41, 5.74) is 28.2. The summed E-state index contributed by atoms with van der Waals surface area (Å²) >= 11 is 0. The first-order valence-corrected chi connectivity index (χ1v) is 22.8. The molecular weight excluding hydrogens is 831 g/mol.